The minimum Gasteiger partial charge on any atom is -0.390 e. The molecule has 0 amide bonds. The topological polar surface area (TPSA) is 29.5 Å². The summed E-state index contributed by atoms with van der Waals surface area (Å²) in [4.78, 5) is 0. The maximum atomic E-state index is 10.3. The average Bonchev–Trinajstić information content (AvgIpc) is 3.00. The highest BCUT2D eigenvalue weighted by atomic mass is 16.5. The molecule has 2 heteroatoms. The maximum Gasteiger partial charge on any atom is 0.0941 e. The third-order valence-corrected chi connectivity index (χ3v) is 4.00. The van der Waals surface area contributed by atoms with Gasteiger partial charge in [-0.2, -0.15) is 0 Å². The van der Waals surface area contributed by atoms with Gasteiger partial charge in [-0.05, 0) is 37.5 Å². The van der Waals surface area contributed by atoms with Crippen LogP contribution < -0.4 is 0 Å². The van der Waals surface area contributed by atoms with Crippen molar-refractivity contribution in [3.8, 4) is 0 Å². The van der Waals surface area contributed by atoms with Gasteiger partial charge in [0.2, 0.25) is 0 Å². The van der Waals surface area contributed by atoms with Crippen LogP contribution in [-0.2, 0) is 4.74 Å². The van der Waals surface area contributed by atoms with E-state index in [-0.39, 0.29) is 11.7 Å². The first-order valence-corrected chi connectivity index (χ1v) is 5.91. The number of aliphatic hydroxyl groups is 1. The minimum absolute atomic E-state index is 0.209. The van der Waals surface area contributed by atoms with Crippen molar-refractivity contribution in [1.82, 2.24) is 0 Å². The molecule has 0 bridgehead atoms. The predicted molar refractivity (Wildman–Crippen MR) is 56.1 cm³/mol. The largest absolute Gasteiger partial charge is 0.390 e. The summed E-state index contributed by atoms with van der Waals surface area (Å²) in [5.74, 6) is 1.23. The number of methoxy groups -OCH3 is 1. The second-order valence-electron chi connectivity index (χ2n) is 5.25. The molecule has 0 aromatic carbocycles. The van der Waals surface area contributed by atoms with Crippen LogP contribution in [0, 0.1) is 11.8 Å². The SMILES string of the molecule is COC1(C(O)C2CC2)CCCC(C)C1. The van der Waals surface area contributed by atoms with Crippen molar-refractivity contribution in [2.75, 3.05) is 7.11 Å². The lowest BCUT2D eigenvalue weighted by Gasteiger charge is -2.42. The third-order valence-electron chi connectivity index (χ3n) is 4.00. The molecule has 2 aliphatic rings. The van der Waals surface area contributed by atoms with E-state index in [1.807, 2.05) is 0 Å². The first kappa shape index (κ1) is 10.4. The van der Waals surface area contributed by atoms with Crippen LogP contribution in [0.5, 0.6) is 0 Å². The van der Waals surface area contributed by atoms with Crippen LogP contribution in [0.15, 0.2) is 0 Å². The minimum atomic E-state index is -0.213. The molecule has 2 fully saturated rings. The predicted octanol–water partition coefficient (Wildman–Crippen LogP) is 2.35. The zero-order valence-electron chi connectivity index (χ0n) is 9.33. The van der Waals surface area contributed by atoms with Crippen LogP contribution in [0.4, 0.5) is 0 Å². The average molecular weight is 198 g/mol. The van der Waals surface area contributed by atoms with Gasteiger partial charge in [-0.25, -0.2) is 0 Å². The summed E-state index contributed by atoms with van der Waals surface area (Å²) in [6.07, 6.45) is 6.77. The van der Waals surface area contributed by atoms with E-state index in [9.17, 15) is 5.11 Å². The molecule has 2 aliphatic carbocycles. The zero-order chi connectivity index (χ0) is 10.2. The maximum absolute atomic E-state index is 10.3. The van der Waals surface area contributed by atoms with Crippen molar-refractivity contribution in [1.29, 1.82) is 0 Å². The van der Waals surface area contributed by atoms with Gasteiger partial charge in [0.1, 0.15) is 0 Å². The van der Waals surface area contributed by atoms with Crippen molar-refractivity contribution in [3.63, 3.8) is 0 Å². The van der Waals surface area contributed by atoms with E-state index in [1.165, 1.54) is 25.7 Å². The molecule has 0 aromatic rings. The van der Waals surface area contributed by atoms with E-state index in [0.29, 0.717) is 11.8 Å². The molecule has 3 unspecified atom stereocenters. The summed E-state index contributed by atoms with van der Waals surface area (Å²) < 4.78 is 5.66. The molecule has 82 valence electrons. The van der Waals surface area contributed by atoms with Crippen LogP contribution in [0.25, 0.3) is 0 Å². The lowest BCUT2D eigenvalue weighted by Crippen LogP contribution is -2.48. The molecular weight excluding hydrogens is 176 g/mol. The van der Waals surface area contributed by atoms with Crippen molar-refractivity contribution in [3.05, 3.63) is 0 Å². The number of aliphatic hydroxyl groups excluding tert-OH is 1. The molecule has 0 aliphatic heterocycles. The summed E-state index contributed by atoms with van der Waals surface area (Å²) in [6.45, 7) is 2.27. The smallest absolute Gasteiger partial charge is 0.0941 e. The standard InChI is InChI=1S/C12H22O2/c1-9-4-3-7-12(8-9,14-2)11(13)10-5-6-10/h9-11,13H,3-8H2,1-2H3. The molecule has 1 N–H and O–H groups in total. The Bertz CT molecular complexity index is 200. The summed E-state index contributed by atoms with van der Waals surface area (Å²) >= 11 is 0. The van der Waals surface area contributed by atoms with Crippen LogP contribution in [0.2, 0.25) is 0 Å². The van der Waals surface area contributed by atoms with E-state index < -0.39 is 0 Å². The lowest BCUT2D eigenvalue weighted by molar-refractivity contribution is -0.138. The number of hydrogen-bond donors (Lipinski definition) is 1. The molecule has 0 heterocycles. The van der Waals surface area contributed by atoms with Crippen molar-refractivity contribution < 1.29 is 9.84 Å². The first-order valence-electron chi connectivity index (χ1n) is 5.91. The van der Waals surface area contributed by atoms with Gasteiger partial charge in [0.25, 0.3) is 0 Å². The molecule has 0 saturated heterocycles. The van der Waals surface area contributed by atoms with Gasteiger partial charge in [0.05, 0.1) is 11.7 Å². The van der Waals surface area contributed by atoms with Gasteiger partial charge in [0, 0.05) is 7.11 Å². The molecule has 2 saturated carbocycles. The van der Waals surface area contributed by atoms with E-state index >= 15 is 0 Å². The normalized spacial score (nSPS) is 40.9. The third kappa shape index (κ3) is 1.82. The Balaban J connectivity index is 2.06. The van der Waals surface area contributed by atoms with E-state index in [0.717, 1.165) is 12.8 Å². The van der Waals surface area contributed by atoms with E-state index in [1.54, 1.807) is 7.11 Å². The Morgan fingerprint density at radius 3 is 2.57 bits per heavy atom. The summed E-state index contributed by atoms with van der Waals surface area (Å²) in [5.41, 5.74) is -0.209. The van der Waals surface area contributed by atoms with E-state index in [4.69, 9.17) is 4.74 Å². The Morgan fingerprint density at radius 1 is 1.36 bits per heavy atom. The summed E-state index contributed by atoms with van der Waals surface area (Å²) in [6, 6.07) is 0. The zero-order valence-corrected chi connectivity index (χ0v) is 9.33. The molecular formula is C12H22O2. The fraction of sp³-hybridized carbons (Fsp3) is 1.00. The molecule has 2 rings (SSSR count). The first-order chi connectivity index (χ1) is 6.68. The quantitative estimate of drug-likeness (QED) is 0.754. The number of rotatable bonds is 3. The summed E-state index contributed by atoms with van der Waals surface area (Å²) in [5, 5.41) is 10.3. The van der Waals surface area contributed by atoms with Crippen molar-refractivity contribution in [2.24, 2.45) is 11.8 Å². The van der Waals surface area contributed by atoms with Crippen LogP contribution in [-0.4, -0.2) is 23.9 Å². The highest BCUT2D eigenvalue weighted by Crippen LogP contribution is 2.45. The molecule has 2 nitrogen and oxygen atoms in total. The summed E-state index contributed by atoms with van der Waals surface area (Å²) in [7, 11) is 1.77. The highest BCUT2D eigenvalue weighted by molar-refractivity contribution is 4.99. The fourth-order valence-corrected chi connectivity index (χ4v) is 2.96. The molecule has 3 atom stereocenters. The Morgan fingerprint density at radius 2 is 2.07 bits per heavy atom. The van der Waals surface area contributed by atoms with Gasteiger partial charge in [0.15, 0.2) is 0 Å². The number of hydrogen-bond acceptors (Lipinski definition) is 2. The van der Waals surface area contributed by atoms with Gasteiger partial charge < -0.3 is 9.84 Å². The lowest BCUT2D eigenvalue weighted by atomic mass is 9.74. The fourth-order valence-electron chi connectivity index (χ4n) is 2.96. The van der Waals surface area contributed by atoms with Gasteiger partial charge in [-0.1, -0.05) is 19.8 Å². The van der Waals surface area contributed by atoms with Gasteiger partial charge in [-0.15, -0.1) is 0 Å². The van der Waals surface area contributed by atoms with Crippen molar-refractivity contribution in [2.45, 2.75) is 57.2 Å². The molecule has 14 heavy (non-hydrogen) atoms. The Kier molecular flexibility index (Phi) is 2.85. The molecule has 0 aromatic heterocycles. The second-order valence-corrected chi connectivity index (χ2v) is 5.25. The molecule has 0 radical (unpaired) electrons. The second kappa shape index (κ2) is 3.82. The van der Waals surface area contributed by atoms with E-state index in [2.05, 4.69) is 6.92 Å². The number of ether oxygens (including phenoxy) is 1. The van der Waals surface area contributed by atoms with Crippen molar-refractivity contribution >= 4 is 0 Å². The van der Waals surface area contributed by atoms with Gasteiger partial charge in [-0.3, -0.25) is 0 Å². The van der Waals surface area contributed by atoms with Gasteiger partial charge >= 0.3 is 0 Å². The Labute approximate surface area is 86.6 Å². The molecule has 0 spiro atoms. The Hall–Kier alpha value is -0.0800. The highest BCUT2D eigenvalue weighted by Gasteiger charge is 2.47. The van der Waals surface area contributed by atoms with Crippen LogP contribution in [0.1, 0.15) is 45.4 Å². The monoisotopic (exact) mass is 198 g/mol. The van der Waals surface area contributed by atoms with Crippen LogP contribution >= 0.6 is 0 Å². The van der Waals surface area contributed by atoms with Crippen LogP contribution in [0.3, 0.4) is 0 Å².